The van der Waals surface area contributed by atoms with Gasteiger partial charge in [0.1, 0.15) is 5.15 Å². The summed E-state index contributed by atoms with van der Waals surface area (Å²) in [6, 6.07) is 9.61. The van der Waals surface area contributed by atoms with Gasteiger partial charge in [-0.1, -0.05) is 35.3 Å². The van der Waals surface area contributed by atoms with Gasteiger partial charge in [-0.15, -0.1) is 0 Å². The van der Waals surface area contributed by atoms with Crippen LogP contribution in [0.5, 0.6) is 0 Å². The Balaban J connectivity index is 2.55. The number of rotatable bonds is 2. The third-order valence-electron chi connectivity index (χ3n) is 2.33. The maximum Gasteiger partial charge on any atom is 0.133 e. The van der Waals surface area contributed by atoms with E-state index in [-0.39, 0.29) is 0 Å². The van der Waals surface area contributed by atoms with Crippen molar-refractivity contribution in [3.05, 3.63) is 40.0 Å². The number of aryl methyl sites for hydroxylation is 1. The van der Waals surface area contributed by atoms with E-state index < -0.39 is 0 Å². The van der Waals surface area contributed by atoms with E-state index in [2.05, 4.69) is 11.1 Å². The first kappa shape index (κ1) is 11.2. The number of hydrogen-bond donors (Lipinski definition) is 0. The minimum Gasteiger partial charge on any atom is -0.234 e. The number of para-hydroxylation sites is 1. The summed E-state index contributed by atoms with van der Waals surface area (Å²) >= 11 is 12.0. The lowest BCUT2D eigenvalue weighted by atomic mass is 10.1. The van der Waals surface area contributed by atoms with E-state index in [0.717, 1.165) is 10.9 Å². The van der Waals surface area contributed by atoms with Crippen LogP contribution in [0.1, 0.15) is 12.0 Å². The molecule has 1 heterocycles. The first-order valence-corrected chi connectivity index (χ1v) is 5.58. The van der Waals surface area contributed by atoms with E-state index in [0.29, 0.717) is 28.5 Å². The first-order valence-electron chi connectivity index (χ1n) is 4.83. The van der Waals surface area contributed by atoms with Crippen molar-refractivity contribution < 1.29 is 0 Å². The van der Waals surface area contributed by atoms with Gasteiger partial charge in [-0.3, -0.25) is 0 Å². The largest absolute Gasteiger partial charge is 0.234 e. The zero-order valence-electron chi connectivity index (χ0n) is 8.37. The van der Waals surface area contributed by atoms with Gasteiger partial charge >= 0.3 is 0 Å². The summed E-state index contributed by atoms with van der Waals surface area (Å²) in [7, 11) is 0. The second-order valence-electron chi connectivity index (χ2n) is 3.41. The van der Waals surface area contributed by atoms with Gasteiger partial charge in [0, 0.05) is 11.8 Å². The molecule has 0 bridgehead atoms. The molecule has 2 nitrogen and oxygen atoms in total. The third kappa shape index (κ3) is 2.11. The zero-order valence-corrected chi connectivity index (χ0v) is 9.89. The fraction of sp³-hybridized carbons (Fsp3) is 0.167. The molecule has 0 aliphatic heterocycles. The van der Waals surface area contributed by atoms with Crippen LogP contribution in [0, 0.1) is 11.3 Å². The molecular weight excluding hydrogens is 243 g/mol. The summed E-state index contributed by atoms with van der Waals surface area (Å²) < 4.78 is 0. The summed E-state index contributed by atoms with van der Waals surface area (Å²) in [6.07, 6.45) is 1.05. The summed E-state index contributed by atoms with van der Waals surface area (Å²) in [4.78, 5) is 4.25. The number of aromatic nitrogens is 1. The van der Waals surface area contributed by atoms with E-state index in [1.54, 1.807) is 6.07 Å². The van der Waals surface area contributed by atoms with Gasteiger partial charge in [-0.25, -0.2) is 4.98 Å². The Morgan fingerprint density at radius 2 is 2.12 bits per heavy atom. The number of pyridine rings is 1. The fourth-order valence-electron chi connectivity index (χ4n) is 1.55. The number of nitriles is 1. The van der Waals surface area contributed by atoms with Crippen LogP contribution in [0.3, 0.4) is 0 Å². The molecule has 0 spiro atoms. The van der Waals surface area contributed by atoms with Crippen molar-refractivity contribution in [2.45, 2.75) is 12.8 Å². The highest BCUT2D eigenvalue weighted by atomic mass is 35.5. The first-order chi connectivity index (χ1) is 7.72. The molecule has 4 heteroatoms. The van der Waals surface area contributed by atoms with Crippen molar-refractivity contribution in [3.63, 3.8) is 0 Å². The molecule has 0 N–H and O–H groups in total. The van der Waals surface area contributed by atoms with Gasteiger partial charge < -0.3 is 0 Å². The molecule has 1 aromatic heterocycles. The molecule has 0 saturated heterocycles. The molecule has 16 heavy (non-hydrogen) atoms. The van der Waals surface area contributed by atoms with Gasteiger partial charge in [-0.2, -0.15) is 5.26 Å². The number of nitrogens with zero attached hydrogens (tertiary/aromatic N) is 2. The number of fused-ring (bicyclic) bond motifs is 1. The van der Waals surface area contributed by atoms with Crippen molar-refractivity contribution in [2.24, 2.45) is 0 Å². The molecule has 0 aliphatic rings. The molecule has 80 valence electrons. The molecule has 2 aromatic rings. The topological polar surface area (TPSA) is 36.7 Å². The summed E-state index contributed by atoms with van der Waals surface area (Å²) in [5.74, 6) is 0. The highest BCUT2D eigenvalue weighted by molar-refractivity contribution is 6.35. The van der Waals surface area contributed by atoms with Gasteiger partial charge in [0.15, 0.2) is 0 Å². The molecule has 0 unspecified atom stereocenters. The standard InChI is InChI=1S/C12H8Cl2N2/c13-10-5-1-3-8-7-9(4-2-6-15)12(14)16-11(8)10/h1,3,5,7H,2,4H2. The van der Waals surface area contributed by atoms with Gasteiger partial charge in [0.25, 0.3) is 0 Å². The van der Waals surface area contributed by atoms with Crippen LogP contribution in [-0.2, 0) is 6.42 Å². The predicted molar refractivity (Wildman–Crippen MR) is 65.7 cm³/mol. The minimum atomic E-state index is 0.427. The van der Waals surface area contributed by atoms with Gasteiger partial charge in [0.2, 0.25) is 0 Å². The van der Waals surface area contributed by atoms with Crippen molar-refractivity contribution >= 4 is 34.1 Å². The molecule has 0 saturated carbocycles. The van der Waals surface area contributed by atoms with Crippen LogP contribution in [0.2, 0.25) is 10.2 Å². The normalized spacial score (nSPS) is 10.3. The third-order valence-corrected chi connectivity index (χ3v) is 2.96. The van der Waals surface area contributed by atoms with Crippen molar-refractivity contribution in [1.82, 2.24) is 4.98 Å². The van der Waals surface area contributed by atoms with Gasteiger partial charge in [-0.05, 0) is 24.1 Å². The Bertz CT molecular complexity index is 573. The van der Waals surface area contributed by atoms with Crippen LogP contribution >= 0.6 is 23.2 Å². The van der Waals surface area contributed by atoms with Crippen LogP contribution in [0.15, 0.2) is 24.3 Å². The van der Waals surface area contributed by atoms with E-state index in [1.165, 1.54) is 0 Å². The maximum atomic E-state index is 8.54. The zero-order chi connectivity index (χ0) is 11.5. The number of benzene rings is 1. The fourth-order valence-corrected chi connectivity index (χ4v) is 2.01. The van der Waals surface area contributed by atoms with Gasteiger partial charge in [0.05, 0.1) is 16.6 Å². The van der Waals surface area contributed by atoms with E-state index in [4.69, 9.17) is 28.5 Å². The lowest BCUT2D eigenvalue weighted by Gasteiger charge is -2.05. The Morgan fingerprint density at radius 3 is 2.88 bits per heavy atom. The highest BCUT2D eigenvalue weighted by Gasteiger charge is 2.06. The average molecular weight is 251 g/mol. The molecule has 1 aromatic carbocycles. The molecule has 0 fully saturated rings. The quantitative estimate of drug-likeness (QED) is 0.756. The second kappa shape index (κ2) is 4.69. The monoisotopic (exact) mass is 250 g/mol. The number of hydrogen-bond acceptors (Lipinski definition) is 2. The lowest BCUT2D eigenvalue weighted by molar-refractivity contribution is 1.00. The molecule has 0 aliphatic carbocycles. The molecule has 2 rings (SSSR count). The lowest BCUT2D eigenvalue weighted by Crippen LogP contribution is -1.90. The van der Waals surface area contributed by atoms with Crippen LogP contribution < -0.4 is 0 Å². The van der Waals surface area contributed by atoms with Crippen molar-refractivity contribution in [1.29, 1.82) is 5.26 Å². The van der Waals surface area contributed by atoms with Crippen LogP contribution in [0.4, 0.5) is 0 Å². The van der Waals surface area contributed by atoms with E-state index >= 15 is 0 Å². The Hall–Kier alpha value is -1.30. The van der Waals surface area contributed by atoms with E-state index in [1.807, 2.05) is 18.2 Å². The van der Waals surface area contributed by atoms with Crippen molar-refractivity contribution in [2.75, 3.05) is 0 Å². The smallest absolute Gasteiger partial charge is 0.133 e. The summed E-state index contributed by atoms with van der Waals surface area (Å²) in [5.41, 5.74) is 1.59. The molecule has 0 amide bonds. The summed E-state index contributed by atoms with van der Waals surface area (Å²) in [5, 5.41) is 10.5. The molecule has 0 radical (unpaired) electrons. The second-order valence-corrected chi connectivity index (χ2v) is 4.17. The highest BCUT2D eigenvalue weighted by Crippen LogP contribution is 2.26. The van der Waals surface area contributed by atoms with E-state index in [9.17, 15) is 0 Å². The predicted octanol–water partition coefficient (Wildman–Crippen LogP) is 4.00. The maximum absolute atomic E-state index is 8.54. The van der Waals surface area contributed by atoms with Crippen LogP contribution in [0.25, 0.3) is 10.9 Å². The number of halogens is 2. The van der Waals surface area contributed by atoms with Crippen LogP contribution in [-0.4, -0.2) is 4.98 Å². The summed E-state index contributed by atoms with van der Waals surface area (Å²) in [6.45, 7) is 0. The Labute approximate surface area is 103 Å². The average Bonchev–Trinajstić information content (AvgIpc) is 2.28. The minimum absolute atomic E-state index is 0.427. The Morgan fingerprint density at radius 1 is 1.31 bits per heavy atom. The van der Waals surface area contributed by atoms with Crippen molar-refractivity contribution in [3.8, 4) is 6.07 Å². The Kier molecular flexibility index (Phi) is 3.28. The molecule has 0 atom stereocenters. The SMILES string of the molecule is N#CCCc1cc2cccc(Cl)c2nc1Cl. The molecular formula is C12H8Cl2N2.